The molecule has 94 valence electrons. The molecule has 18 heavy (non-hydrogen) atoms. The average Bonchev–Trinajstić information content (AvgIpc) is 2.34. The quantitative estimate of drug-likeness (QED) is 0.809. The van der Waals surface area contributed by atoms with E-state index in [1.165, 1.54) is 0 Å². The molecule has 0 fully saturated rings. The molecule has 3 N–H and O–H groups in total. The van der Waals surface area contributed by atoms with Crippen molar-refractivity contribution in [1.29, 1.82) is 0 Å². The fraction of sp³-hybridized carbons (Fsp3) is 0.214. The van der Waals surface area contributed by atoms with Gasteiger partial charge in [0.1, 0.15) is 0 Å². The lowest BCUT2D eigenvalue weighted by Gasteiger charge is -2.14. The van der Waals surface area contributed by atoms with Crippen LogP contribution in [0.4, 0.5) is 17.2 Å². The minimum absolute atomic E-state index is 0.112. The number of nitrogens with two attached hydrogens (primary N) is 1. The number of nitrogen functional groups attached to an aromatic ring is 1. The van der Waals surface area contributed by atoms with Gasteiger partial charge in [0, 0.05) is 17.6 Å². The number of rotatable bonds is 4. The highest BCUT2D eigenvalue weighted by atomic mass is 16.5. The molecule has 0 saturated heterocycles. The Kier molecular flexibility index (Phi) is 3.67. The van der Waals surface area contributed by atoms with E-state index in [2.05, 4.69) is 10.3 Å². The highest BCUT2D eigenvalue weighted by molar-refractivity contribution is 5.63. The second-order valence-corrected chi connectivity index (χ2v) is 4.26. The number of aromatic nitrogens is 1. The van der Waals surface area contributed by atoms with E-state index in [1.807, 2.05) is 50.2 Å². The van der Waals surface area contributed by atoms with Gasteiger partial charge in [-0.25, -0.2) is 4.98 Å². The van der Waals surface area contributed by atoms with Crippen molar-refractivity contribution in [3.63, 3.8) is 0 Å². The van der Waals surface area contributed by atoms with Crippen molar-refractivity contribution in [3.05, 3.63) is 42.6 Å². The SMILES string of the molecule is CC(C)Oc1cccnc1Nc1ccc(N)cc1. The first-order valence-electron chi connectivity index (χ1n) is 5.89. The van der Waals surface area contributed by atoms with Crippen LogP contribution in [-0.4, -0.2) is 11.1 Å². The standard InChI is InChI=1S/C14H17N3O/c1-10(2)18-13-4-3-9-16-14(13)17-12-7-5-11(15)6-8-12/h3-10H,15H2,1-2H3,(H,16,17). The predicted molar refractivity (Wildman–Crippen MR) is 74.1 cm³/mol. The van der Waals surface area contributed by atoms with Crippen molar-refractivity contribution in [2.75, 3.05) is 11.1 Å². The van der Waals surface area contributed by atoms with Crippen molar-refractivity contribution in [3.8, 4) is 5.75 Å². The monoisotopic (exact) mass is 243 g/mol. The highest BCUT2D eigenvalue weighted by Crippen LogP contribution is 2.26. The van der Waals surface area contributed by atoms with Gasteiger partial charge in [0.2, 0.25) is 0 Å². The summed E-state index contributed by atoms with van der Waals surface area (Å²) >= 11 is 0. The van der Waals surface area contributed by atoms with Gasteiger partial charge in [-0.1, -0.05) is 0 Å². The summed E-state index contributed by atoms with van der Waals surface area (Å²) in [6.07, 6.45) is 1.84. The number of hydrogen-bond donors (Lipinski definition) is 2. The van der Waals surface area contributed by atoms with Gasteiger partial charge in [0.25, 0.3) is 0 Å². The molecule has 1 aromatic carbocycles. The van der Waals surface area contributed by atoms with Crippen LogP contribution in [0.25, 0.3) is 0 Å². The first kappa shape index (κ1) is 12.2. The van der Waals surface area contributed by atoms with E-state index in [9.17, 15) is 0 Å². The van der Waals surface area contributed by atoms with Crippen LogP contribution in [0.1, 0.15) is 13.8 Å². The van der Waals surface area contributed by atoms with Crippen molar-refractivity contribution < 1.29 is 4.74 Å². The van der Waals surface area contributed by atoms with E-state index in [-0.39, 0.29) is 6.10 Å². The van der Waals surface area contributed by atoms with Gasteiger partial charge in [-0.15, -0.1) is 0 Å². The number of nitrogens with zero attached hydrogens (tertiary/aromatic N) is 1. The van der Waals surface area contributed by atoms with Gasteiger partial charge in [0.15, 0.2) is 11.6 Å². The van der Waals surface area contributed by atoms with E-state index in [1.54, 1.807) is 6.20 Å². The molecule has 0 spiro atoms. The van der Waals surface area contributed by atoms with Crippen molar-refractivity contribution in [2.45, 2.75) is 20.0 Å². The molecule has 0 unspecified atom stereocenters. The van der Waals surface area contributed by atoms with Crippen molar-refractivity contribution >= 4 is 17.2 Å². The maximum atomic E-state index is 5.69. The number of nitrogens with one attached hydrogen (secondary N) is 1. The lowest BCUT2D eigenvalue weighted by atomic mass is 10.3. The minimum atomic E-state index is 0.112. The lowest BCUT2D eigenvalue weighted by Crippen LogP contribution is -2.08. The minimum Gasteiger partial charge on any atom is -0.487 e. The summed E-state index contributed by atoms with van der Waals surface area (Å²) in [6.45, 7) is 3.97. The number of anilines is 3. The summed E-state index contributed by atoms with van der Waals surface area (Å²) in [5.74, 6) is 1.44. The topological polar surface area (TPSA) is 60.2 Å². The Morgan fingerprint density at radius 1 is 1.17 bits per heavy atom. The maximum absolute atomic E-state index is 5.69. The molecule has 0 atom stereocenters. The Morgan fingerprint density at radius 2 is 1.89 bits per heavy atom. The van der Waals surface area contributed by atoms with Gasteiger partial charge >= 0.3 is 0 Å². The van der Waals surface area contributed by atoms with E-state index >= 15 is 0 Å². The van der Waals surface area contributed by atoms with Crippen LogP contribution in [0, 0.1) is 0 Å². The number of ether oxygens (including phenoxy) is 1. The molecule has 1 heterocycles. The van der Waals surface area contributed by atoms with Gasteiger partial charge < -0.3 is 15.8 Å². The van der Waals surface area contributed by atoms with Gasteiger partial charge in [-0.05, 0) is 50.2 Å². The molecule has 0 amide bonds. The number of hydrogen-bond acceptors (Lipinski definition) is 4. The molecule has 4 heteroatoms. The smallest absolute Gasteiger partial charge is 0.173 e. The van der Waals surface area contributed by atoms with Crippen LogP contribution in [-0.2, 0) is 0 Å². The number of pyridine rings is 1. The van der Waals surface area contributed by atoms with Crippen LogP contribution >= 0.6 is 0 Å². The Hall–Kier alpha value is -2.23. The zero-order valence-corrected chi connectivity index (χ0v) is 10.6. The highest BCUT2D eigenvalue weighted by Gasteiger charge is 2.06. The fourth-order valence-corrected chi connectivity index (χ4v) is 1.54. The zero-order valence-electron chi connectivity index (χ0n) is 10.6. The van der Waals surface area contributed by atoms with Gasteiger partial charge in [-0.3, -0.25) is 0 Å². The second kappa shape index (κ2) is 5.40. The molecule has 0 aliphatic rings. The van der Waals surface area contributed by atoms with Crippen LogP contribution in [0.2, 0.25) is 0 Å². The Labute approximate surface area is 107 Å². The van der Waals surface area contributed by atoms with Crippen LogP contribution in [0.15, 0.2) is 42.6 Å². The third-order valence-electron chi connectivity index (χ3n) is 2.31. The Bertz CT molecular complexity index is 509. The Balaban J connectivity index is 2.20. The molecule has 1 aromatic heterocycles. The average molecular weight is 243 g/mol. The molecular weight excluding hydrogens is 226 g/mol. The van der Waals surface area contributed by atoms with E-state index in [4.69, 9.17) is 10.5 Å². The summed E-state index contributed by atoms with van der Waals surface area (Å²) < 4.78 is 5.69. The summed E-state index contributed by atoms with van der Waals surface area (Å²) in [6, 6.07) is 11.2. The predicted octanol–water partition coefficient (Wildman–Crippen LogP) is 3.19. The third-order valence-corrected chi connectivity index (χ3v) is 2.31. The first-order chi connectivity index (χ1) is 8.65. The largest absolute Gasteiger partial charge is 0.487 e. The fourth-order valence-electron chi connectivity index (χ4n) is 1.54. The van der Waals surface area contributed by atoms with Gasteiger partial charge in [0.05, 0.1) is 6.10 Å². The van der Waals surface area contributed by atoms with Crippen molar-refractivity contribution in [2.24, 2.45) is 0 Å². The molecule has 2 aromatic rings. The van der Waals surface area contributed by atoms with E-state index in [0.29, 0.717) is 5.82 Å². The second-order valence-electron chi connectivity index (χ2n) is 4.26. The molecule has 0 saturated carbocycles. The van der Waals surface area contributed by atoms with Crippen LogP contribution in [0.3, 0.4) is 0 Å². The summed E-state index contributed by atoms with van der Waals surface area (Å²) in [5, 5.41) is 3.21. The van der Waals surface area contributed by atoms with E-state index in [0.717, 1.165) is 17.1 Å². The van der Waals surface area contributed by atoms with Crippen molar-refractivity contribution in [1.82, 2.24) is 4.98 Å². The maximum Gasteiger partial charge on any atom is 0.173 e. The summed E-state index contributed by atoms with van der Waals surface area (Å²) in [5.41, 5.74) is 7.31. The lowest BCUT2D eigenvalue weighted by molar-refractivity contribution is 0.243. The third kappa shape index (κ3) is 3.13. The van der Waals surface area contributed by atoms with Crippen LogP contribution < -0.4 is 15.8 Å². The van der Waals surface area contributed by atoms with E-state index < -0.39 is 0 Å². The molecule has 0 bridgehead atoms. The van der Waals surface area contributed by atoms with Gasteiger partial charge in [-0.2, -0.15) is 0 Å². The summed E-state index contributed by atoms with van der Waals surface area (Å²) in [7, 11) is 0. The molecule has 4 nitrogen and oxygen atoms in total. The summed E-state index contributed by atoms with van der Waals surface area (Å²) in [4.78, 5) is 4.28. The number of benzene rings is 1. The Morgan fingerprint density at radius 3 is 2.56 bits per heavy atom. The van der Waals surface area contributed by atoms with Crippen LogP contribution in [0.5, 0.6) is 5.75 Å². The molecule has 0 aliphatic carbocycles. The first-order valence-corrected chi connectivity index (χ1v) is 5.89. The molecule has 0 radical (unpaired) electrons. The zero-order chi connectivity index (χ0) is 13.0. The normalized spacial score (nSPS) is 10.4. The molecule has 0 aliphatic heterocycles. The molecule has 2 rings (SSSR count). The molecular formula is C14H17N3O.